The Bertz CT molecular complexity index is 890. The average molecular weight is 233 g/mol. The normalized spacial score (nSPS) is 11.6. The van der Waals surface area contributed by atoms with Crippen LogP contribution in [-0.2, 0) is 0 Å². The van der Waals surface area contributed by atoms with E-state index >= 15 is 0 Å². The lowest BCUT2D eigenvalue weighted by Crippen LogP contribution is -1.94. The van der Waals surface area contributed by atoms with E-state index < -0.39 is 0 Å². The van der Waals surface area contributed by atoms with Crippen molar-refractivity contribution in [1.82, 2.24) is 14.4 Å². The maximum atomic E-state index is 4.65. The number of fused-ring (bicyclic) bond motifs is 5. The molecule has 3 heterocycles. The van der Waals surface area contributed by atoms with Crippen LogP contribution in [0.1, 0.15) is 5.69 Å². The van der Waals surface area contributed by atoms with Gasteiger partial charge in [0.05, 0.1) is 5.52 Å². The van der Waals surface area contributed by atoms with Gasteiger partial charge in [-0.25, -0.2) is 9.97 Å². The zero-order chi connectivity index (χ0) is 12.1. The minimum Gasteiger partial charge on any atom is -0.278 e. The summed E-state index contributed by atoms with van der Waals surface area (Å²) in [6, 6.07) is 14.5. The molecule has 0 unspecified atom stereocenters. The largest absolute Gasteiger partial charge is 0.278 e. The molecule has 3 heteroatoms. The van der Waals surface area contributed by atoms with Gasteiger partial charge >= 0.3 is 0 Å². The van der Waals surface area contributed by atoms with Crippen molar-refractivity contribution < 1.29 is 0 Å². The maximum absolute atomic E-state index is 4.65. The molecule has 86 valence electrons. The van der Waals surface area contributed by atoms with E-state index in [0.29, 0.717) is 0 Å². The van der Waals surface area contributed by atoms with Crippen LogP contribution in [0.2, 0.25) is 0 Å². The first-order valence-electron chi connectivity index (χ1n) is 5.95. The summed E-state index contributed by atoms with van der Waals surface area (Å²) >= 11 is 0. The molecule has 0 radical (unpaired) electrons. The SMILES string of the molecule is Cc1ccc2cnc3cc4ccccc4n3c2n1. The van der Waals surface area contributed by atoms with Crippen LogP contribution in [-0.4, -0.2) is 14.4 Å². The van der Waals surface area contributed by atoms with Crippen molar-refractivity contribution in [3.63, 3.8) is 0 Å². The fourth-order valence-corrected chi connectivity index (χ4v) is 2.43. The van der Waals surface area contributed by atoms with Crippen molar-refractivity contribution in [2.45, 2.75) is 6.92 Å². The van der Waals surface area contributed by atoms with Crippen LogP contribution in [0.4, 0.5) is 0 Å². The molecule has 0 fully saturated rings. The van der Waals surface area contributed by atoms with Crippen LogP contribution < -0.4 is 0 Å². The highest BCUT2D eigenvalue weighted by molar-refractivity contribution is 5.91. The van der Waals surface area contributed by atoms with Gasteiger partial charge in [-0.1, -0.05) is 18.2 Å². The Morgan fingerprint density at radius 2 is 1.89 bits per heavy atom. The number of aromatic nitrogens is 3. The summed E-state index contributed by atoms with van der Waals surface area (Å²) in [7, 11) is 0. The highest BCUT2D eigenvalue weighted by atomic mass is 15.0. The predicted molar refractivity (Wildman–Crippen MR) is 72.7 cm³/mol. The molecular formula is C15H11N3. The fraction of sp³-hybridized carbons (Fsp3) is 0.0667. The molecule has 3 nitrogen and oxygen atoms in total. The van der Waals surface area contributed by atoms with Gasteiger partial charge in [0.25, 0.3) is 0 Å². The smallest absolute Gasteiger partial charge is 0.147 e. The van der Waals surface area contributed by atoms with Crippen molar-refractivity contribution in [3.05, 3.63) is 54.4 Å². The number of para-hydroxylation sites is 1. The molecule has 0 atom stereocenters. The van der Waals surface area contributed by atoms with E-state index in [-0.39, 0.29) is 0 Å². The van der Waals surface area contributed by atoms with Crippen molar-refractivity contribution in [1.29, 1.82) is 0 Å². The van der Waals surface area contributed by atoms with Gasteiger partial charge in [-0.3, -0.25) is 4.40 Å². The van der Waals surface area contributed by atoms with Crippen molar-refractivity contribution in [3.8, 4) is 0 Å². The van der Waals surface area contributed by atoms with Crippen LogP contribution in [0, 0.1) is 6.92 Å². The van der Waals surface area contributed by atoms with E-state index in [4.69, 9.17) is 0 Å². The van der Waals surface area contributed by atoms with Crippen LogP contribution in [0.3, 0.4) is 0 Å². The second-order valence-corrected chi connectivity index (χ2v) is 4.52. The van der Waals surface area contributed by atoms with Gasteiger partial charge < -0.3 is 0 Å². The number of benzene rings is 1. The minimum absolute atomic E-state index is 0.946. The third-order valence-corrected chi connectivity index (χ3v) is 3.28. The Morgan fingerprint density at radius 1 is 1.00 bits per heavy atom. The lowest BCUT2D eigenvalue weighted by molar-refractivity contribution is 1.14. The molecule has 0 aliphatic heterocycles. The van der Waals surface area contributed by atoms with Gasteiger partial charge in [0, 0.05) is 22.7 Å². The second-order valence-electron chi connectivity index (χ2n) is 4.52. The molecule has 0 spiro atoms. The van der Waals surface area contributed by atoms with Gasteiger partial charge in [0.1, 0.15) is 11.3 Å². The molecule has 4 rings (SSSR count). The third kappa shape index (κ3) is 1.19. The van der Waals surface area contributed by atoms with Gasteiger partial charge in [-0.2, -0.15) is 0 Å². The lowest BCUT2D eigenvalue weighted by atomic mass is 10.2. The first kappa shape index (κ1) is 9.59. The van der Waals surface area contributed by atoms with Gasteiger partial charge in [-0.05, 0) is 31.2 Å². The van der Waals surface area contributed by atoms with E-state index in [1.54, 1.807) is 0 Å². The number of hydrogen-bond acceptors (Lipinski definition) is 2. The minimum atomic E-state index is 0.946. The summed E-state index contributed by atoms with van der Waals surface area (Å²) in [5.41, 5.74) is 4.10. The molecular weight excluding hydrogens is 222 g/mol. The molecule has 1 aromatic carbocycles. The summed E-state index contributed by atoms with van der Waals surface area (Å²) in [6.45, 7) is 2.01. The predicted octanol–water partition coefficient (Wildman–Crippen LogP) is 3.34. The summed E-state index contributed by atoms with van der Waals surface area (Å²) in [4.78, 5) is 9.15. The zero-order valence-corrected chi connectivity index (χ0v) is 9.96. The number of aryl methyl sites for hydroxylation is 1. The van der Waals surface area contributed by atoms with Gasteiger partial charge in [-0.15, -0.1) is 0 Å². The van der Waals surface area contributed by atoms with Gasteiger partial charge in [0.15, 0.2) is 0 Å². The Hall–Kier alpha value is -2.42. The van der Waals surface area contributed by atoms with E-state index in [1.807, 2.05) is 31.3 Å². The standard InChI is InChI=1S/C15H11N3/c1-10-6-7-12-9-16-14-8-11-4-2-3-5-13(11)18(14)15(12)17-10/h2-9H,1H3. The highest BCUT2D eigenvalue weighted by Crippen LogP contribution is 2.23. The van der Waals surface area contributed by atoms with Crippen molar-refractivity contribution in [2.75, 3.05) is 0 Å². The fourth-order valence-electron chi connectivity index (χ4n) is 2.43. The summed E-state index contributed by atoms with van der Waals surface area (Å²) in [5, 5.41) is 2.26. The van der Waals surface area contributed by atoms with Crippen molar-refractivity contribution in [2.24, 2.45) is 0 Å². The molecule has 4 aromatic rings. The number of nitrogens with zero attached hydrogens (tertiary/aromatic N) is 3. The molecule has 0 aliphatic rings. The maximum Gasteiger partial charge on any atom is 0.147 e. The highest BCUT2D eigenvalue weighted by Gasteiger charge is 2.07. The van der Waals surface area contributed by atoms with Crippen LogP contribution in [0.25, 0.3) is 27.6 Å². The number of rotatable bonds is 0. The first-order valence-corrected chi connectivity index (χ1v) is 5.95. The van der Waals surface area contributed by atoms with Crippen LogP contribution >= 0.6 is 0 Å². The lowest BCUT2D eigenvalue weighted by Gasteiger charge is -2.03. The van der Waals surface area contributed by atoms with Gasteiger partial charge in [0.2, 0.25) is 0 Å². The van der Waals surface area contributed by atoms with E-state index in [2.05, 4.69) is 38.6 Å². The molecule has 3 aromatic heterocycles. The van der Waals surface area contributed by atoms with E-state index in [1.165, 1.54) is 5.39 Å². The first-order chi connectivity index (χ1) is 8.83. The third-order valence-electron chi connectivity index (χ3n) is 3.28. The molecule has 18 heavy (non-hydrogen) atoms. The van der Waals surface area contributed by atoms with Crippen LogP contribution in [0.5, 0.6) is 0 Å². The number of hydrogen-bond donors (Lipinski definition) is 0. The molecule has 0 N–H and O–H groups in total. The summed E-state index contributed by atoms with van der Waals surface area (Å²) < 4.78 is 2.12. The Kier molecular flexibility index (Phi) is 1.75. The molecule has 0 saturated heterocycles. The Balaban J connectivity index is 2.35. The van der Waals surface area contributed by atoms with Crippen LogP contribution in [0.15, 0.2) is 48.7 Å². The van der Waals surface area contributed by atoms with Crippen molar-refractivity contribution >= 4 is 27.6 Å². The monoisotopic (exact) mass is 233 g/mol. The van der Waals surface area contributed by atoms with E-state index in [0.717, 1.165) is 27.9 Å². The number of pyridine rings is 1. The zero-order valence-electron chi connectivity index (χ0n) is 9.96. The Morgan fingerprint density at radius 3 is 2.83 bits per heavy atom. The summed E-state index contributed by atoms with van der Waals surface area (Å²) in [6.07, 6.45) is 1.88. The average Bonchev–Trinajstić information content (AvgIpc) is 2.77. The molecule has 0 aliphatic carbocycles. The second kappa shape index (κ2) is 3.29. The topological polar surface area (TPSA) is 30.2 Å². The Labute approximate surface area is 104 Å². The summed E-state index contributed by atoms with van der Waals surface area (Å²) in [5.74, 6) is 0. The molecule has 0 bridgehead atoms. The quantitative estimate of drug-likeness (QED) is 0.466. The molecule has 0 saturated carbocycles. The van der Waals surface area contributed by atoms with E-state index in [9.17, 15) is 0 Å². The molecule has 0 amide bonds.